The van der Waals surface area contributed by atoms with E-state index in [1.807, 2.05) is 6.20 Å². The molecule has 0 aromatic heterocycles. The summed E-state index contributed by atoms with van der Waals surface area (Å²) in [7, 11) is 0. The minimum Gasteiger partial charge on any atom is -0.371 e. The minimum atomic E-state index is 0.596. The first-order valence-electron chi connectivity index (χ1n) is 4.67. The summed E-state index contributed by atoms with van der Waals surface area (Å²) in [6, 6.07) is 0.596. The summed E-state index contributed by atoms with van der Waals surface area (Å²) in [5, 5.41) is 0. The van der Waals surface area contributed by atoms with E-state index in [1.165, 1.54) is 25.1 Å². The van der Waals surface area contributed by atoms with Gasteiger partial charge in [-0.25, -0.2) is 0 Å². The summed E-state index contributed by atoms with van der Waals surface area (Å²) in [6.45, 7) is 9.12. The molecular formula is C10H18N2. The molecule has 0 aromatic rings. The lowest BCUT2D eigenvalue weighted by Crippen LogP contribution is -2.33. The maximum atomic E-state index is 3.84. The maximum absolute atomic E-state index is 3.84. The highest BCUT2D eigenvalue weighted by Gasteiger charge is 2.16. The highest BCUT2D eigenvalue weighted by molar-refractivity contribution is 5.26. The van der Waals surface area contributed by atoms with Crippen molar-refractivity contribution in [3.8, 4) is 0 Å². The molecule has 1 aliphatic heterocycles. The van der Waals surface area contributed by atoms with E-state index < -0.39 is 0 Å². The highest BCUT2D eigenvalue weighted by atomic mass is 15.2. The fourth-order valence-electron chi connectivity index (χ4n) is 1.71. The average molecular weight is 166 g/mol. The second-order valence-corrected chi connectivity index (χ2v) is 3.55. The van der Waals surface area contributed by atoms with E-state index in [9.17, 15) is 0 Å². The molecule has 1 fully saturated rings. The van der Waals surface area contributed by atoms with Crippen LogP contribution >= 0.6 is 0 Å². The maximum Gasteiger partial charge on any atom is 0.0452 e. The lowest BCUT2D eigenvalue weighted by Gasteiger charge is -2.34. The van der Waals surface area contributed by atoms with Crippen molar-refractivity contribution >= 4 is 6.72 Å². The summed E-state index contributed by atoms with van der Waals surface area (Å²) < 4.78 is 0. The van der Waals surface area contributed by atoms with Crippen molar-refractivity contribution in [3.05, 3.63) is 11.9 Å². The van der Waals surface area contributed by atoms with Crippen LogP contribution in [0.4, 0.5) is 0 Å². The van der Waals surface area contributed by atoms with Crippen molar-refractivity contribution in [1.29, 1.82) is 0 Å². The largest absolute Gasteiger partial charge is 0.371 e. The zero-order valence-corrected chi connectivity index (χ0v) is 8.08. The minimum absolute atomic E-state index is 0.596. The fourth-order valence-corrected chi connectivity index (χ4v) is 1.71. The van der Waals surface area contributed by atoms with E-state index in [2.05, 4.69) is 30.5 Å². The van der Waals surface area contributed by atoms with Crippen LogP contribution in [-0.2, 0) is 0 Å². The summed E-state index contributed by atoms with van der Waals surface area (Å²) in [4.78, 5) is 6.25. The number of rotatable bonds is 2. The smallest absolute Gasteiger partial charge is 0.0452 e. The molecule has 1 saturated heterocycles. The lowest BCUT2D eigenvalue weighted by atomic mass is 10.1. The predicted molar refractivity (Wildman–Crippen MR) is 53.3 cm³/mol. The van der Waals surface area contributed by atoms with Gasteiger partial charge in [0.2, 0.25) is 0 Å². The molecule has 0 spiro atoms. The number of hydrogen-bond acceptors (Lipinski definition) is 2. The number of aliphatic imine (C=N–C) groups is 1. The van der Waals surface area contributed by atoms with Gasteiger partial charge in [-0.15, -0.1) is 0 Å². The first kappa shape index (κ1) is 9.30. The van der Waals surface area contributed by atoms with Gasteiger partial charge in [0, 0.05) is 24.5 Å². The highest BCUT2D eigenvalue weighted by Crippen LogP contribution is 2.22. The van der Waals surface area contributed by atoms with Gasteiger partial charge >= 0.3 is 0 Å². The van der Waals surface area contributed by atoms with Crippen LogP contribution in [-0.4, -0.2) is 24.2 Å². The van der Waals surface area contributed by atoms with Crippen molar-refractivity contribution in [2.24, 2.45) is 4.99 Å². The standard InChI is InChI=1S/C10H18N2/c1-9(2)12-7-5-4-6-10(12)8-11-3/h8-9H,3-7H2,1-2H3/b10-8-. The van der Waals surface area contributed by atoms with Crippen LogP contribution in [0.3, 0.4) is 0 Å². The zero-order chi connectivity index (χ0) is 8.97. The van der Waals surface area contributed by atoms with Crippen molar-refractivity contribution < 1.29 is 0 Å². The van der Waals surface area contributed by atoms with Gasteiger partial charge in [0.25, 0.3) is 0 Å². The Morgan fingerprint density at radius 3 is 2.83 bits per heavy atom. The molecule has 68 valence electrons. The third-order valence-electron chi connectivity index (χ3n) is 2.31. The number of allylic oxidation sites excluding steroid dienone is 1. The Hall–Kier alpha value is -0.790. The Morgan fingerprint density at radius 2 is 2.25 bits per heavy atom. The van der Waals surface area contributed by atoms with Gasteiger partial charge in [0.1, 0.15) is 0 Å². The van der Waals surface area contributed by atoms with Crippen LogP contribution in [0.1, 0.15) is 33.1 Å². The number of piperidine rings is 1. The van der Waals surface area contributed by atoms with Crippen molar-refractivity contribution in [3.63, 3.8) is 0 Å². The van der Waals surface area contributed by atoms with Gasteiger partial charge < -0.3 is 4.90 Å². The van der Waals surface area contributed by atoms with Crippen LogP contribution in [0.5, 0.6) is 0 Å². The molecule has 1 aliphatic rings. The number of hydrogen-bond donors (Lipinski definition) is 0. The molecule has 0 saturated carbocycles. The molecule has 0 amide bonds. The topological polar surface area (TPSA) is 15.6 Å². The van der Waals surface area contributed by atoms with Crippen molar-refractivity contribution in [1.82, 2.24) is 4.90 Å². The van der Waals surface area contributed by atoms with Crippen LogP contribution in [0.25, 0.3) is 0 Å². The first-order valence-corrected chi connectivity index (χ1v) is 4.67. The summed E-state index contributed by atoms with van der Waals surface area (Å²) in [5.41, 5.74) is 1.35. The molecule has 2 nitrogen and oxygen atoms in total. The van der Waals surface area contributed by atoms with E-state index in [0.29, 0.717) is 6.04 Å². The quantitative estimate of drug-likeness (QED) is 0.575. The van der Waals surface area contributed by atoms with Crippen LogP contribution in [0.2, 0.25) is 0 Å². The summed E-state index contributed by atoms with van der Waals surface area (Å²) in [6.07, 6.45) is 5.67. The Balaban J connectivity index is 2.66. The van der Waals surface area contributed by atoms with Gasteiger partial charge in [-0.3, -0.25) is 4.99 Å². The molecule has 12 heavy (non-hydrogen) atoms. The van der Waals surface area contributed by atoms with E-state index in [1.54, 1.807) is 0 Å². The number of likely N-dealkylation sites (tertiary alicyclic amines) is 1. The second kappa shape index (κ2) is 4.29. The molecular weight excluding hydrogens is 148 g/mol. The Bertz CT molecular complexity index is 182. The fraction of sp³-hybridized carbons (Fsp3) is 0.700. The predicted octanol–water partition coefficient (Wildman–Crippen LogP) is 2.42. The van der Waals surface area contributed by atoms with Crippen LogP contribution in [0, 0.1) is 0 Å². The SMILES string of the molecule is C=N/C=C1/CCCCN1C(C)C. The Labute approximate surface area is 75.0 Å². The third kappa shape index (κ3) is 2.10. The van der Waals surface area contributed by atoms with Crippen molar-refractivity contribution in [2.45, 2.75) is 39.2 Å². The van der Waals surface area contributed by atoms with Gasteiger partial charge in [-0.05, 0) is 39.8 Å². The van der Waals surface area contributed by atoms with E-state index in [0.717, 1.165) is 6.42 Å². The average Bonchev–Trinajstić information content (AvgIpc) is 2.05. The molecule has 0 unspecified atom stereocenters. The van der Waals surface area contributed by atoms with Crippen molar-refractivity contribution in [2.75, 3.05) is 6.54 Å². The molecule has 1 rings (SSSR count). The van der Waals surface area contributed by atoms with Crippen LogP contribution in [0.15, 0.2) is 16.9 Å². The first-order chi connectivity index (χ1) is 5.75. The Morgan fingerprint density at radius 1 is 1.50 bits per heavy atom. The molecule has 0 radical (unpaired) electrons. The van der Waals surface area contributed by atoms with E-state index in [-0.39, 0.29) is 0 Å². The lowest BCUT2D eigenvalue weighted by molar-refractivity contribution is 0.240. The number of nitrogens with zero attached hydrogens (tertiary/aromatic N) is 2. The van der Waals surface area contributed by atoms with E-state index in [4.69, 9.17) is 0 Å². The zero-order valence-electron chi connectivity index (χ0n) is 8.08. The monoisotopic (exact) mass is 166 g/mol. The van der Waals surface area contributed by atoms with Gasteiger partial charge in [-0.2, -0.15) is 0 Å². The molecule has 0 aliphatic carbocycles. The van der Waals surface area contributed by atoms with Gasteiger partial charge in [-0.1, -0.05) is 0 Å². The third-order valence-corrected chi connectivity index (χ3v) is 2.31. The normalized spacial score (nSPS) is 21.9. The molecule has 1 heterocycles. The summed E-state index contributed by atoms with van der Waals surface area (Å²) in [5.74, 6) is 0. The molecule has 2 heteroatoms. The molecule has 0 bridgehead atoms. The Kier molecular flexibility index (Phi) is 3.32. The van der Waals surface area contributed by atoms with Gasteiger partial charge in [0.15, 0.2) is 0 Å². The second-order valence-electron chi connectivity index (χ2n) is 3.55. The molecule has 0 N–H and O–H groups in total. The molecule has 0 aromatic carbocycles. The summed E-state index contributed by atoms with van der Waals surface area (Å²) >= 11 is 0. The van der Waals surface area contributed by atoms with E-state index >= 15 is 0 Å². The molecule has 0 atom stereocenters. The van der Waals surface area contributed by atoms with Gasteiger partial charge in [0.05, 0.1) is 0 Å². The van der Waals surface area contributed by atoms with Crippen LogP contribution < -0.4 is 0 Å².